The highest BCUT2D eigenvalue weighted by atomic mass is 19.4. The van der Waals surface area contributed by atoms with Crippen molar-refractivity contribution in [2.24, 2.45) is 0 Å². The molecule has 0 saturated heterocycles. The molecule has 0 bridgehead atoms. The molecule has 0 radical (unpaired) electrons. The fourth-order valence-electron chi connectivity index (χ4n) is 3.02. The van der Waals surface area contributed by atoms with Crippen LogP contribution in [0.2, 0.25) is 0 Å². The Hall–Kier alpha value is -3.76. The van der Waals surface area contributed by atoms with E-state index in [1.165, 1.54) is 30.1 Å². The standard InChI is InChI=1S/C25H31F3N4O4/c1-23(2,3)36-22(35)32(6)24(4,5)15-20(33)30-31-21(34)18-9-7-8-10-19(18)29-17-13-11-16(12-14-17)25(26,27)28/h7-14,29H,15H2,1-6H3,(H,30,33)(H,31,34). The lowest BCUT2D eigenvalue weighted by Gasteiger charge is -2.36. The van der Waals surface area contributed by atoms with Gasteiger partial charge in [-0.3, -0.25) is 20.4 Å². The first kappa shape index (κ1) is 28.5. The molecule has 0 aliphatic carbocycles. The zero-order chi connectivity index (χ0) is 27.3. The number of benzene rings is 2. The van der Waals surface area contributed by atoms with E-state index in [1.54, 1.807) is 52.8 Å². The number of alkyl halides is 3. The molecule has 0 atom stereocenters. The summed E-state index contributed by atoms with van der Waals surface area (Å²) in [5.74, 6) is -1.19. The third-order valence-corrected chi connectivity index (χ3v) is 5.15. The Labute approximate surface area is 208 Å². The quantitative estimate of drug-likeness (QED) is 0.463. The summed E-state index contributed by atoms with van der Waals surface area (Å²) in [5.41, 5.74) is 3.07. The number of nitrogens with one attached hydrogen (secondary N) is 3. The summed E-state index contributed by atoms with van der Waals surface area (Å²) in [4.78, 5) is 38.8. The third kappa shape index (κ3) is 8.17. The van der Waals surface area contributed by atoms with E-state index in [9.17, 15) is 27.6 Å². The van der Waals surface area contributed by atoms with Crippen LogP contribution in [0.15, 0.2) is 48.5 Å². The smallest absolute Gasteiger partial charge is 0.416 e. The van der Waals surface area contributed by atoms with E-state index in [0.717, 1.165) is 12.1 Å². The number of carbonyl (C=O) groups is 3. The van der Waals surface area contributed by atoms with Crippen LogP contribution in [0.5, 0.6) is 0 Å². The Morgan fingerprint density at radius 3 is 2.03 bits per heavy atom. The van der Waals surface area contributed by atoms with Gasteiger partial charge in [0.25, 0.3) is 5.91 Å². The predicted molar refractivity (Wildman–Crippen MR) is 129 cm³/mol. The minimum absolute atomic E-state index is 0.130. The van der Waals surface area contributed by atoms with Gasteiger partial charge in [-0.15, -0.1) is 0 Å². The first-order chi connectivity index (χ1) is 16.5. The van der Waals surface area contributed by atoms with Gasteiger partial charge in [-0.05, 0) is 71.0 Å². The van der Waals surface area contributed by atoms with Crippen LogP contribution in [0.4, 0.5) is 29.3 Å². The number of para-hydroxylation sites is 1. The summed E-state index contributed by atoms with van der Waals surface area (Å²) in [6.45, 7) is 8.57. The number of hydrogen-bond acceptors (Lipinski definition) is 5. The van der Waals surface area contributed by atoms with E-state index in [1.807, 2.05) is 0 Å². The summed E-state index contributed by atoms with van der Waals surface area (Å²) < 4.78 is 43.7. The lowest BCUT2D eigenvalue weighted by atomic mass is 9.99. The number of hydrogen-bond donors (Lipinski definition) is 3. The molecule has 196 valence electrons. The van der Waals surface area contributed by atoms with Crippen LogP contribution in [-0.4, -0.2) is 41.0 Å². The molecule has 2 aromatic carbocycles. The van der Waals surface area contributed by atoms with Gasteiger partial charge in [0, 0.05) is 18.3 Å². The van der Waals surface area contributed by atoms with Crippen LogP contribution in [-0.2, 0) is 15.7 Å². The summed E-state index contributed by atoms with van der Waals surface area (Å²) in [6.07, 6.45) is -5.17. The number of hydrazine groups is 1. The van der Waals surface area contributed by atoms with Gasteiger partial charge in [-0.25, -0.2) is 4.79 Å². The number of nitrogens with zero attached hydrogens (tertiary/aromatic N) is 1. The van der Waals surface area contributed by atoms with Crippen LogP contribution in [0, 0.1) is 0 Å². The van der Waals surface area contributed by atoms with Crippen molar-refractivity contribution in [3.63, 3.8) is 0 Å². The van der Waals surface area contributed by atoms with Gasteiger partial charge in [-0.2, -0.15) is 13.2 Å². The van der Waals surface area contributed by atoms with Crippen LogP contribution in [0.1, 0.15) is 57.0 Å². The van der Waals surface area contributed by atoms with E-state index < -0.39 is 40.8 Å². The largest absolute Gasteiger partial charge is 0.444 e. The topological polar surface area (TPSA) is 99.8 Å². The van der Waals surface area contributed by atoms with Crippen LogP contribution >= 0.6 is 0 Å². The number of rotatable bonds is 6. The second-order valence-electron chi connectivity index (χ2n) is 9.78. The molecule has 0 heterocycles. The Morgan fingerprint density at radius 2 is 1.47 bits per heavy atom. The molecule has 0 saturated carbocycles. The average Bonchev–Trinajstić information content (AvgIpc) is 2.75. The Kier molecular flexibility index (Phi) is 8.61. The van der Waals surface area contributed by atoms with Gasteiger partial charge < -0.3 is 15.0 Å². The molecule has 2 aromatic rings. The molecule has 36 heavy (non-hydrogen) atoms. The summed E-state index contributed by atoms with van der Waals surface area (Å²) in [6, 6.07) is 10.7. The first-order valence-electron chi connectivity index (χ1n) is 11.1. The second kappa shape index (κ2) is 10.9. The molecule has 0 aliphatic rings. The highest BCUT2D eigenvalue weighted by Gasteiger charge is 2.33. The van der Waals surface area contributed by atoms with E-state index in [2.05, 4.69) is 16.2 Å². The fourth-order valence-corrected chi connectivity index (χ4v) is 3.02. The molecule has 0 spiro atoms. The summed E-state index contributed by atoms with van der Waals surface area (Å²) in [5, 5.41) is 2.90. The third-order valence-electron chi connectivity index (χ3n) is 5.15. The molecule has 3 N–H and O–H groups in total. The zero-order valence-electron chi connectivity index (χ0n) is 21.0. The number of halogens is 3. The summed E-state index contributed by atoms with van der Waals surface area (Å²) in [7, 11) is 1.52. The molecular formula is C25H31F3N4O4. The normalized spacial score (nSPS) is 11.9. The second-order valence-corrected chi connectivity index (χ2v) is 9.78. The van der Waals surface area contributed by atoms with E-state index >= 15 is 0 Å². The van der Waals surface area contributed by atoms with Crippen molar-refractivity contribution in [1.82, 2.24) is 15.8 Å². The minimum atomic E-state index is -4.45. The number of anilines is 2. The van der Waals surface area contributed by atoms with Crippen molar-refractivity contribution < 1.29 is 32.3 Å². The van der Waals surface area contributed by atoms with E-state index in [-0.39, 0.29) is 12.0 Å². The molecule has 3 amide bonds. The highest BCUT2D eigenvalue weighted by molar-refractivity contribution is 6.01. The predicted octanol–water partition coefficient (Wildman–Crippen LogP) is 5.25. The highest BCUT2D eigenvalue weighted by Crippen LogP contribution is 2.30. The van der Waals surface area contributed by atoms with Crippen molar-refractivity contribution in [3.8, 4) is 0 Å². The van der Waals surface area contributed by atoms with Crippen molar-refractivity contribution in [2.75, 3.05) is 12.4 Å². The van der Waals surface area contributed by atoms with Gasteiger partial charge in [0.1, 0.15) is 5.60 Å². The molecule has 0 aliphatic heterocycles. The monoisotopic (exact) mass is 508 g/mol. The van der Waals surface area contributed by atoms with Crippen molar-refractivity contribution in [3.05, 3.63) is 59.7 Å². The van der Waals surface area contributed by atoms with E-state index in [0.29, 0.717) is 11.4 Å². The van der Waals surface area contributed by atoms with Crippen molar-refractivity contribution in [2.45, 2.75) is 58.4 Å². The lowest BCUT2D eigenvalue weighted by Crippen LogP contribution is -2.51. The Morgan fingerprint density at radius 1 is 0.889 bits per heavy atom. The molecule has 2 rings (SSSR count). The molecular weight excluding hydrogens is 477 g/mol. The zero-order valence-corrected chi connectivity index (χ0v) is 21.0. The molecule has 0 fully saturated rings. The fraction of sp³-hybridized carbons (Fsp3) is 0.400. The average molecular weight is 509 g/mol. The van der Waals surface area contributed by atoms with Gasteiger partial charge in [0.05, 0.1) is 23.2 Å². The van der Waals surface area contributed by atoms with Crippen molar-refractivity contribution >= 4 is 29.3 Å². The van der Waals surface area contributed by atoms with Crippen LogP contribution in [0.3, 0.4) is 0 Å². The molecule has 0 aromatic heterocycles. The van der Waals surface area contributed by atoms with Gasteiger partial charge in [-0.1, -0.05) is 12.1 Å². The number of ether oxygens (including phenoxy) is 1. The van der Waals surface area contributed by atoms with Crippen LogP contribution in [0.25, 0.3) is 0 Å². The number of amides is 3. The minimum Gasteiger partial charge on any atom is -0.444 e. The van der Waals surface area contributed by atoms with Crippen molar-refractivity contribution in [1.29, 1.82) is 0 Å². The lowest BCUT2D eigenvalue weighted by molar-refractivity contribution is -0.137. The van der Waals surface area contributed by atoms with Gasteiger partial charge >= 0.3 is 12.3 Å². The Balaban J connectivity index is 2.01. The summed E-state index contributed by atoms with van der Waals surface area (Å²) >= 11 is 0. The Bertz CT molecular complexity index is 1090. The van der Waals surface area contributed by atoms with Crippen LogP contribution < -0.4 is 16.2 Å². The molecule has 0 unspecified atom stereocenters. The number of carbonyl (C=O) groups excluding carboxylic acids is 3. The maximum atomic E-state index is 12.8. The molecule has 8 nitrogen and oxygen atoms in total. The van der Waals surface area contributed by atoms with Gasteiger partial charge in [0.2, 0.25) is 5.91 Å². The van der Waals surface area contributed by atoms with E-state index in [4.69, 9.17) is 4.74 Å². The SMILES string of the molecule is CN(C(=O)OC(C)(C)C)C(C)(C)CC(=O)NNC(=O)c1ccccc1Nc1ccc(C(F)(F)F)cc1. The molecule has 11 heteroatoms. The maximum absolute atomic E-state index is 12.8. The maximum Gasteiger partial charge on any atom is 0.416 e. The first-order valence-corrected chi connectivity index (χ1v) is 11.1. The van der Waals surface area contributed by atoms with Gasteiger partial charge in [0.15, 0.2) is 0 Å².